The Hall–Kier alpha value is -1.35. The first-order valence-corrected chi connectivity index (χ1v) is 6.55. The van der Waals surface area contributed by atoms with E-state index in [1.165, 1.54) is 25.0 Å². The van der Waals surface area contributed by atoms with E-state index in [4.69, 9.17) is 4.42 Å². The number of halogens is 1. The van der Waals surface area contributed by atoms with E-state index in [1.807, 2.05) is 6.07 Å². The van der Waals surface area contributed by atoms with Crippen molar-refractivity contribution in [3.8, 4) is 0 Å². The lowest BCUT2D eigenvalue weighted by Gasteiger charge is -2.22. The van der Waals surface area contributed by atoms with Gasteiger partial charge in [0.15, 0.2) is 0 Å². The average molecular weight is 247 g/mol. The number of nitrogens with one attached hydrogen (secondary N) is 1. The SMILES string of the molecule is CCNC(c1cc2cc(F)ccc2o1)C1(C)CC1. The summed E-state index contributed by atoms with van der Waals surface area (Å²) in [5, 5.41) is 4.33. The minimum Gasteiger partial charge on any atom is -0.459 e. The molecule has 0 bridgehead atoms. The molecule has 1 fully saturated rings. The first kappa shape index (κ1) is 11.7. The first-order chi connectivity index (χ1) is 8.62. The highest BCUT2D eigenvalue weighted by Crippen LogP contribution is 2.54. The largest absolute Gasteiger partial charge is 0.459 e. The summed E-state index contributed by atoms with van der Waals surface area (Å²) in [5.41, 5.74) is 1.06. The van der Waals surface area contributed by atoms with E-state index in [-0.39, 0.29) is 11.9 Å². The van der Waals surface area contributed by atoms with Crippen LogP contribution in [0.25, 0.3) is 11.0 Å². The Morgan fingerprint density at radius 3 is 2.83 bits per heavy atom. The molecule has 1 aliphatic carbocycles. The summed E-state index contributed by atoms with van der Waals surface area (Å²) in [6.45, 7) is 5.28. The first-order valence-electron chi connectivity index (χ1n) is 6.55. The molecular formula is C15H18FNO. The van der Waals surface area contributed by atoms with Crippen LogP contribution in [0.5, 0.6) is 0 Å². The average Bonchev–Trinajstić information content (AvgIpc) is 2.94. The Kier molecular flexibility index (Phi) is 2.67. The van der Waals surface area contributed by atoms with Gasteiger partial charge in [0.05, 0.1) is 6.04 Å². The molecule has 3 rings (SSSR count). The molecule has 1 heterocycles. The van der Waals surface area contributed by atoms with Crippen LogP contribution in [0.2, 0.25) is 0 Å². The summed E-state index contributed by atoms with van der Waals surface area (Å²) >= 11 is 0. The Balaban J connectivity index is 2.01. The van der Waals surface area contributed by atoms with Crippen molar-refractivity contribution >= 4 is 11.0 Å². The number of fused-ring (bicyclic) bond motifs is 1. The number of rotatable bonds is 4. The third-order valence-corrected chi connectivity index (χ3v) is 3.93. The molecule has 1 aromatic heterocycles. The van der Waals surface area contributed by atoms with Crippen LogP contribution < -0.4 is 5.32 Å². The zero-order chi connectivity index (χ0) is 12.8. The molecule has 0 saturated heterocycles. The minimum atomic E-state index is -0.215. The summed E-state index contributed by atoms with van der Waals surface area (Å²) in [6.07, 6.45) is 2.44. The van der Waals surface area contributed by atoms with Gasteiger partial charge < -0.3 is 9.73 Å². The molecule has 1 atom stereocenters. The van der Waals surface area contributed by atoms with Crippen LogP contribution in [-0.2, 0) is 0 Å². The zero-order valence-corrected chi connectivity index (χ0v) is 10.8. The van der Waals surface area contributed by atoms with Crippen molar-refractivity contribution < 1.29 is 8.81 Å². The van der Waals surface area contributed by atoms with Crippen molar-refractivity contribution in [1.82, 2.24) is 5.32 Å². The standard InChI is InChI=1S/C15H18FNO/c1-3-17-14(15(2)6-7-15)13-9-10-8-11(16)4-5-12(10)18-13/h4-5,8-9,14,17H,3,6-7H2,1-2H3. The molecule has 1 aliphatic rings. The molecular weight excluding hydrogens is 229 g/mol. The van der Waals surface area contributed by atoms with E-state index in [1.54, 1.807) is 6.07 Å². The van der Waals surface area contributed by atoms with Crippen LogP contribution in [0.15, 0.2) is 28.7 Å². The van der Waals surface area contributed by atoms with Crippen LogP contribution in [-0.4, -0.2) is 6.54 Å². The fourth-order valence-electron chi connectivity index (χ4n) is 2.56. The monoisotopic (exact) mass is 247 g/mol. The molecule has 96 valence electrons. The fourth-order valence-corrected chi connectivity index (χ4v) is 2.56. The van der Waals surface area contributed by atoms with Gasteiger partial charge in [0.1, 0.15) is 17.2 Å². The molecule has 1 unspecified atom stereocenters. The lowest BCUT2D eigenvalue weighted by Crippen LogP contribution is -2.27. The summed E-state index contributed by atoms with van der Waals surface area (Å²) < 4.78 is 19.1. The second-order valence-electron chi connectivity index (χ2n) is 5.48. The topological polar surface area (TPSA) is 25.2 Å². The minimum absolute atomic E-state index is 0.215. The highest BCUT2D eigenvalue weighted by Gasteiger charge is 2.46. The fraction of sp³-hybridized carbons (Fsp3) is 0.467. The van der Waals surface area contributed by atoms with E-state index < -0.39 is 0 Å². The maximum Gasteiger partial charge on any atom is 0.134 e. The quantitative estimate of drug-likeness (QED) is 0.882. The van der Waals surface area contributed by atoms with Gasteiger partial charge in [0.25, 0.3) is 0 Å². The molecule has 0 aliphatic heterocycles. The van der Waals surface area contributed by atoms with E-state index >= 15 is 0 Å². The van der Waals surface area contributed by atoms with E-state index in [9.17, 15) is 4.39 Å². The molecule has 1 N–H and O–H groups in total. The molecule has 2 nitrogen and oxygen atoms in total. The van der Waals surface area contributed by atoms with Crippen LogP contribution in [0.4, 0.5) is 4.39 Å². The van der Waals surface area contributed by atoms with E-state index in [0.717, 1.165) is 23.3 Å². The Labute approximate surface area is 106 Å². The smallest absolute Gasteiger partial charge is 0.134 e. The summed E-state index contributed by atoms with van der Waals surface area (Å²) in [4.78, 5) is 0. The van der Waals surface area contributed by atoms with Gasteiger partial charge in [0.2, 0.25) is 0 Å². The molecule has 18 heavy (non-hydrogen) atoms. The summed E-state index contributed by atoms with van der Waals surface area (Å²) in [5.74, 6) is 0.713. The van der Waals surface area contributed by atoms with Crippen molar-refractivity contribution in [3.63, 3.8) is 0 Å². The third-order valence-electron chi connectivity index (χ3n) is 3.93. The van der Waals surface area contributed by atoms with Crippen LogP contribution >= 0.6 is 0 Å². The van der Waals surface area contributed by atoms with E-state index in [2.05, 4.69) is 19.2 Å². The van der Waals surface area contributed by atoms with Crippen molar-refractivity contribution in [2.75, 3.05) is 6.54 Å². The highest BCUT2D eigenvalue weighted by atomic mass is 19.1. The lowest BCUT2D eigenvalue weighted by molar-refractivity contribution is 0.321. The molecule has 0 amide bonds. The molecule has 2 aromatic rings. The number of furan rings is 1. The molecule has 1 aromatic carbocycles. The van der Waals surface area contributed by atoms with Crippen LogP contribution in [0.1, 0.15) is 38.5 Å². The Morgan fingerprint density at radius 1 is 1.39 bits per heavy atom. The maximum absolute atomic E-state index is 13.2. The van der Waals surface area contributed by atoms with Crippen LogP contribution in [0, 0.1) is 11.2 Å². The Morgan fingerprint density at radius 2 is 2.17 bits per heavy atom. The highest BCUT2D eigenvalue weighted by molar-refractivity contribution is 5.78. The van der Waals surface area contributed by atoms with Crippen molar-refractivity contribution in [2.24, 2.45) is 5.41 Å². The van der Waals surface area contributed by atoms with Crippen molar-refractivity contribution in [1.29, 1.82) is 0 Å². The van der Waals surface area contributed by atoms with Gasteiger partial charge in [0, 0.05) is 5.39 Å². The van der Waals surface area contributed by atoms with Crippen molar-refractivity contribution in [3.05, 3.63) is 35.8 Å². The van der Waals surface area contributed by atoms with E-state index in [0.29, 0.717) is 5.41 Å². The molecule has 3 heteroatoms. The van der Waals surface area contributed by atoms with Gasteiger partial charge in [-0.3, -0.25) is 0 Å². The molecule has 1 saturated carbocycles. The Bertz CT molecular complexity index is 571. The van der Waals surface area contributed by atoms with Gasteiger partial charge >= 0.3 is 0 Å². The van der Waals surface area contributed by atoms with Crippen molar-refractivity contribution in [2.45, 2.75) is 32.7 Å². The number of benzene rings is 1. The van der Waals surface area contributed by atoms with Crippen LogP contribution in [0.3, 0.4) is 0 Å². The summed E-state index contributed by atoms with van der Waals surface area (Å²) in [6, 6.07) is 6.87. The predicted molar refractivity (Wildman–Crippen MR) is 69.9 cm³/mol. The second kappa shape index (κ2) is 4.09. The number of hydrogen-bond donors (Lipinski definition) is 1. The third kappa shape index (κ3) is 1.93. The lowest BCUT2D eigenvalue weighted by atomic mass is 9.96. The van der Waals surface area contributed by atoms with Gasteiger partial charge in [-0.2, -0.15) is 0 Å². The van der Waals surface area contributed by atoms with Gasteiger partial charge in [-0.05, 0) is 49.1 Å². The maximum atomic E-state index is 13.2. The normalized spacial score (nSPS) is 19.1. The van der Waals surface area contributed by atoms with Gasteiger partial charge in [-0.15, -0.1) is 0 Å². The summed E-state index contributed by atoms with van der Waals surface area (Å²) in [7, 11) is 0. The number of hydrogen-bond acceptors (Lipinski definition) is 2. The molecule has 0 spiro atoms. The van der Waals surface area contributed by atoms with Gasteiger partial charge in [-0.25, -0.2) is 4.39 Å². The predicted octanol–water partition coefficient (Wildman–Crippen LogP) is 4.02. The van der Waals surface area contributed by atoms with Gasteiger partial charge in [-0.1, -0.05) is 13.8 Å². The second-order valence-corrected chi connectivity index (χ2v) is 5.48. The zero-order valence-electron chi connectivity index (χ0n) is 10.8. The molecule has 0 radical (unpaired) electrons.